The molecule has 0 fully saturated rings. The monoisotopic (exact) mass is 466 g/mol. The van der Waals surface area contributed by atoms with E-state index in [2.05, 4.69) is 15.5 Å². The smallest absolute Gasteiger partial charge is 0.332 e. The first-order chi connectivity index (χ1) is 16.3. The van der Waals surface area contributed by atoms with E-state index in [-0.39, 0.29) is 36.1 Å². The number of para-hydroxylation sites is 1. The summed E-state index contributed by atoms with van der Waals surface area (Å²) >= 11 is 0. The number of ether oxygens (including phenoxy) is 1. The van der Waals surface area contributed by atoms with Gasteiger partial charge < -0.3 is 14.4 Å². The molecule has 176 valence electrons. The minimum Gasteiger partial charge on any atom is -0.491 e. The highest BCUT2D eigenvalue weighted by Crippen LogP contribution is 2.17. The number of aliphatic hydroxyl groups excluding tert-OH is 1. The highest BCUT2D eigenvalue weighted by molar-refractivity contribution is 5.80. The Hall–Kier alpha value is -4.25. The summed E-state index contributed by atoms with van der Waals surface area (Å²) in [5.74, 6) is 0.374. The van der Waals surface area contributed by atoms with Crippen molar-refractivity contribution in [2.45, 2.75) is 12.6 Å². The van der Waals surface area contributed by atoms with Gasteiger partial charge >= 0.3 is 5.69 Å². The van der Waals surface area contributed by atoms with E-state index >= 15 is 0 Å². The van der Waals surface area contributed by atoms with Crippen molar-refractivity contribution in [2.24, 2.45) is 19.2 Å². The minimum atomic E-state index is -0.999. The normalized spacial score (nSPS) is 12.4. The van der Waals surface area contributed by atoms with Crippen molar-refractivity contribution >= 4 is 23.3 Å². The molecule has 10 nitrogen and oxygen atoms in total. The van der Waals surface area contributed by atoms with Gasteiger partial charge in [0.15, 0.2) is 11.2 Å². The Morgan fingerprint density at radius 3 is 2.53 bits per heavy atom. The third-order valence-corrected chi connectivity index (χ3v) is 5.18. The van der Waals surface area contributed by atoms with Crippen molar-refractivity contribution in [2.75, 3.05) is 12.0 Å². The molecule has 2 heterocycles. The molecule has 2 aromatic heterocycles. The van der Waals surface area contributed by atoms with Crippen LogP contribution in [0.1, 0.15) is 5.56 Å². The van der Waals surface area contributed by atoms with Crippen molar-refractivity contribution in [3.05, 3.63) is 86.8 Å². The molecule has 4 aromatic rings. The number of aliphatic hydroxyl groups is 1. The van der Waals surface area contributed by atoms with Gasteiger partial charge in [-0.1, -0.05) is 30.3 Å². The topological polar surface area (TPSA) is 116 Å². The number of rotatable bonds is 8. The molecule has 2 N–H and O–H groups in total. The zero-order valence-corrected chi connectivity index (χ0v) is 18.6. The van der Waals surface area contributed by atoms with Crippen LogP contribution in [0.2, 0.25) is 0 Å². The second kappa shape index (κ2) is 9.71. The summed E-state index contributed by atoms with van der Waals surface area (Å²) in [6.07, 6.45) is 0.455. The van der Waals surface area contributed by atoms with Gasteiger partial charge in [0.25, 0.3) is 5.56 Å². The van der Waals surface area contributed by atoms with Gasteiger partial charge in [0, 0.05) is 14.1 Å². The molecule has 0 aliphatic heterocycles. The van der Waals surface area contributed by atoms with Crippen LogP contribution >= 0.6 is 0 Å². The SMILES string of the molecule is Cn1c(=O)c2c(nc(NN=Cc3ccc(F)cc3)n2CC(O)COc2ccccc2)n(C)c1=O. The van der Waals surface area contributed by atoms with Crippen LogP contribution in [0.5, 0.6) is 5.75 Å². The van der Waals surface area contributed by atoms with Crippen molar-refractivity contribution in [1.82, 2.24) is 18.7 Å². The average molecular weight is 466 g/mol. The van der Waals surface area contributed by atoms with Crippen LogP contribution in [0.25, 0.3) is 11.2 Å². The summed E-state index contributed by atoms with van der Waals surface area (Å²) in [5, 5.41) is 14.7. The lowest BCUT2D eigenvalue weighted by atomic mass is 10.2. The molecule has 34 heavy (non-hydrogen) atoms. The maximum Gasteiger partial charge on any atom is 0.332 e. The van der Waals surface area contributed by atoms with Crippen LogP contribution in [0.3, 0.4) is 0 Å². The largest absolute Gasteiger partial charge is 0.491 e. The number of benzene rings is 2. The number of aromatic nitrogens is 4. The third kappa shape index (κ3) is 4.74. The van der Waals surface area contributed by atoms with E-state index in [9.17, 15) is 19.1 Å². The molecule has 0 radical (unpaired) electrons. The second-order valence-electron chi connectivity index (χ2n) is 7.62. The quantitative estimate of drug-likeness (QED) is 0.300. The second-order valence-corrected chi connectivity index (χ2v) is 7.62. The number of hydrogen-bond acceptors (Lipinski definition) is 7. The Bertz CT molecular complexity index is 1440. The van der Waals surface area contributed by atoms with Gasteiger partial charge in [0.2, 0.25) is 5.95 Å². The van der Waals surface area contributed by atoms with Crippen molar-refractivity contribution in [3.63, 3.8) is 0 Å². The third-order valence-electron chi connectivity index (χ3n) is 5.18. The molecule has 0 spiro atoms. The molecule has 2 aromatic carbocycles. The molecule has 0 aliphatic carbocycles. The number of aryl methyl sites for hydroxylation is 1. The number of anilines is 1. The van der Waals surface area contributed by atoms with Gasteiger partial charge in [0.1, 0.15) is 24.3 Å². The lowest BCUT2D eigenvalue weighted by Gasteiger charge is -2.15. The first-order valence-electron chi connectivity index (χ1n) is 10.4. The molecule has 0 aliphatic rings. The molecule has 0 bridgehead atoms. The van der Waals surface area contributed by atoms with Gasteiger partial charge in [-0.05, 0) is 29.8 Å². The Labute approximate surface area is 193 Å². The van der Waals surface area contributed by atoms with Crippen LogP contribution in [0.15, 0.2) is 69.3 Å². The van der Waals surface area contributed by atoms with E-state index in [1.807, 2.05) is 18.2 Å². The Morgan fingerprint density at radius 2 is 1.82 bits per heavy atom. The number of imidazole rings is 1. The van der Waals surface area contributed by atoms with E-state index in [1.54, 1.807) is 24.3 Å². The van der Waals surface area contributed by atoms with Gasteiger partial charge in [-0.3, -0.25) is 13.9 Å². The fourth-order valence-corrected chi connectivity index (χ4v) is 3.40. The Kier molecular flexibility index (Phi) is 6.55. The standard InChI is InChI=1S/C23H23FN6O4/c1-28-20-19(21(32)29(2)23(28)33)30(13-17(31)14-34-18-6-4-3-5-7-18)22(26-20)27-25-12-15-8-10-16(24)11-9-15/h3-12,17,31H,13-14H2,1-2H3,(H,26,27). The first kappa shape index (κ1) is 22.9. The highest BCUT2D eigenvalue weighted by Gasteiger charge is 2.21. The number of nitrogens with zero attached hydrogens (tertiary/aromatic N) is 5. The van der Waals surface area contributed by atoms with Crippen molar-refractivity contribution in [1.29, 1.82) is 0 Å². The van der Waals surface area contributed by atoms with Gasteiger partial charge in [-0.15, -0.1) is 0 Å². The predicted octanol–water partition coefficient (Wildman–Crippen LogP) is 1.46. The van der Waals surface area contributed by atoms with E-state index in [0.29, 0.717) is 11.3 Å². The number of fused-ring (bicyclic) bond motifs is 1. The summed E-state index contributed by atoms with van der Waals surface area (Å²) < 4.78 is 22.4. The van der Waals surface area contributed by atoms with E-state index < -0.39 is 17.4 Å². The van der Waals surface area contributed by atoms with Gasteiger partial charge in [-0.2, -0.15) is 10.1 Å². The number of nitrogens with one attached hydrogen (secondary N) is 1. The molecule has 1 atom stereocenters. The first-order valence-corrected chi connectivity index (χ1v) is 10.4. The maximum atomic E-state index is 13.1. The predicted molar refractivity (Wildman–Crippen MR) is 126 cm³/mol. The van der Waals surface area contributed by atoms with Crippen molar-refractivity contribution < 1.29 is 14.2 Å². The number of hydrogen-bond donors (Lipinski definition) is 2. The molecule has 0 saturated carbocycles. The average Bonchev–Trinajstić information content (AvgIpc) is 3.20. The molecular weight excluding hydrogens is 443 g/mol. The van der Waals surface area contributed by atoms with Crippen LogP contribution in [-0.4, -0.2) is 42.7 Å². The van der Waals surface area contributed by atoms with Gasteiger partial charge in [0.05, 0.1) is 12.8 Å². The summed E-state index contributed by atoms with van der Waals surface area (Å²) in [5.41, 5.74) is 2.57. The Balaban J connectivity index is 1.66. The summed E-state index contributed by atoms with van der Waals surface area (Å²) in [6, 6.07) is 14.7. The fourth-order valence-electron chi connectivity index (χ4n) is 3.40. The lowest BCUT2D eigenvalue weighted by Crippen LogP contribution is -2.38. The lowest BCUT2D eigenvalue weighted by molar-refractivity contribution is 0.0938. The van der Waals surface area contributed by atoms with E-state index in [0.717, 1.165) is 4.57 Å². The molecule has 11 heteroatoms. The molecule has 4 rings (SSSR count). The maximum absolute atomic E-state index is 13.1. The number of halogens is 1. The Morgan fingerprint density at radius 1 is 1.12 bits per heavy atom. The van der Waals surface area contributed by atoms with E-state index in [1.165, 1.54) is 41.6 Å². The molecule has 0 amide bonds. The van der Waals surface area contributed by atoms with Gasteiger partial charge in [-0.25, -0.2) is 14.6 Å². The van der Waals surface area contributed by atoms with Crippen molar-refractivity contribution in [3.8, 4) is 5.75 Å². The van der Waals surface area contributed by atoms with Crippen LogP contribution in [-0.2, 0) is 20.6 Å². The zero-order chi connectivity index (χ0) is 24.2. The zero-order valence-electron chi connectivity index (χ0n) is 18.6. The molecule has 1 unspecified atom stereocenters. The van der Waals surface area contributed by atoms with E-state index in [4.69, 9.17) is 4.74 Å². The number of hydrazone groups is 1. The minimum absolute atomic E-state index is 0.0337. The van der Waals surface area contributed by atoms with Crippen LogP contribution < -0.4 is 21.4 Å². The summed E-state index contributed by atoms with van der Waals surface area (Å²) in [4.78, 5) is 29.6. The highest BCUT2D eigenvalue weighted by atomic mass is 19.1. The fraction of sp³-hybridized carbons (Fsp3) is 0.217. The summed E-state index contributed by atoms with van der Waals surface area (Å²) in [7, 11) is 2.87. The summed E-state index contributed by atoms with van der Waals surface area (Å²) in [6.45, 7) is -0.0841. The van der Waals surface area contributed by atoms with Crippen LogP contribution in [0, 0.1) is 5.82 Å². The molecule has 0 saturated heterocycles. The van der Waals surface area contributed by atoms with Crippen LogP contribution in [0.4, 0.5) is 10.3 Å². The molecular formula is C23H23FN6O4.